The first-order valence-corrected chi connectivity index (χ1v) is 8.14. The lowest BCUT2D eigenvalue weighted by atomic mass is 9.92. The Morgan fingerprint density at radius 3 is 2.54 bits per heavy atom. The van der Waals surface area contributed by atoms with Gasteiger partial charge in [0.2, 0.25) is 0 Å². The van der Waals surface area contributed by atoms with Gasteiger partial charge < -0.3 is 4.90 Å². The minimum atomic E-state index is -0.245. The zero-order chi connectivity index (χ0) is 16.5. The van der Waals surface area contributed by atoms with E-state index in [1.807, 2.05) is 35.0 Å². The van der Waals surface area contributed by atoms with E-state index in [9.17, 15) is 4.39 Å². The Bertz CT molecular complexity index is 902. The fourth-order valence-corrected chi connectivity index (χ4v) is 3.43. The van der Waals surface area contributed by atoms with Crippen LogP contribution in [0, 0.1) is 17.3 Å². The van der Waals surface area contributed by atoms with Gasteiger partial charge in [-0.3, -0.25) is 0 Å². The second-order valence-corrected chi connectivity index (χ2v) is 6.16. The third-order valence-corrected chi connectivity index (χ3v) is 4.69. The standard InChI is InChI=1S/C19H17FN4/c20-15-6-7-18-17(12-15)19(14-8-10-23(13-21)11-9-14)22-24(18)16-4-2-1-3-5-16/h1-7,12,14H,8-11H2. The van der Waals surface area contributed by atoms with Crippen LogP contribution in [0.5, 0.6) is 0 Å². The fraction of sp³-hybridized carbons (Fsp3) is 0.263. The lowest BCUT2D eigenvalue weighted by molar-refractivity contribution is 0.293. The van der Waals surface area contributed by atoms with Crippen LogP contribution in [0.1, 0.15) is 24.5 Å². The molecule has 2 aromatic carbocycles. The summed E-state index contributed by atoms with van der Waals surface area (Å²) < 4.78 is 15.7. The average molecular weight is 320 g/mol. The molecule has 3 aromatic rings. The molecule has 0 N–H and O–H groups in total. The van der Waals surface area contributed by atoms with Gasteiger partial charge in [-0.05, 0) is 43.2 Å². The molecule has 0 unspecified atom stereocenters. The van der Waals surface area contributed by atoms with Crippen molar-refractivity contribution in [2.45, 2.75) is 18.8 Å². The second-order valence-electron chi connectivity index (χ2n) is 6.16. The Hall–Kier alpha value is -2.87. The van der Waals surface area contributed by atoms with Crippen molar-refractivity contribution in [3.8, 4) is 11.9 Å². The van der Waals surface area contributed by atoms with Gasteiger partial charge >= 0.3 is 0 Å². The molecule has 1 aliphatic heterocycles. The van der Waals surface area contributed by atoms with Crippen LogP contribution in [0.15, 0.2) is 48.5 Å². The van der Waals surface area contributed by atoms with E-state index < -0.39 is 0 Å². The maximum absolute atomic E-state index is 13.8. The van der Waals surface area contributed by atoms with Crippen molar-refractivity contribution in [1.82, 2.24) is 14.7 Å². The number of likely N-dealkylation sites (tertiary alicyclic amines) is 1. The molecular weight excluding hydrogens is 303 g/mol. The van der Waals surface area contributed by atoms with Gasteiger partial charge in [0.05, 0.1) is 16.9 Å². The molecule has 1 saturated heterocycles. The van der Waals surface area contributed by atoms with Gasteiger partial charge in [-0.1, -0.05) is 18.2 Å². The Morgan fingerprint density at radius 2 is 1.83 bits per heavy atom. The van der Waals surface area contributed by atoms with E-state index in [1.54, 1.807) is 17.0 Å². The number of fused-ring (bicyclic) bond motifs is 1. The number of benzene rings is 2. The van der Waals surface area contributed by atoms with Crippen LogP contribution in [0.3, 0.4) is 0 Å². The molecular formula is C19H17FN4. The molecule has 0 atom stereocenters. The normalized spacial score (nSPS) is 15.6. The molecule has 0 bridgehead atoms. The molecule has 120 valence electrons. The number of halogens is 1. The molecule has 0 amide bonds. The number of hydrogen-bond donors (Lipinski definition) is 0. The summed E-state index contributed by atoms with van der Waals surface area (Å²) in [6, 6.07) is 14.7. The molecule has 0 radical (unpaired) electrons. The first-order valence-electron chi connectivity index (χ1n) is 8.14. The highest BCUT2D eigenvalue weighted by molar-refractivity contribution is 5.84. The van der Waals surface area contributed by atoms with Crippen molar-refractivity contribution >= 4 is 10.9 Å². The zero-order valence-corrected chi connectivity index (χ0v) is 13.2. The number of nitriles is 1. The number of hydrogen-bond acceptors (Lipinski definition) is 3. The van der Waals surface area contributed by atoms with Crippen LogP contribution in [0.2, 0.25) is 0 Å². The van der Waals surface area contributed by atoms with E-state index in [0.29, 0.717) is 0 Å². The van der Waals surface area contributed by atoms with Crippen LogP contribution in [0.25, 0.3) is 16.6 Å². The third-order valence-electron chi connectivity index (χ3n) is 4.69. The molecule has 2 heterocycles. The predicted octanol–water partition coefficient (Wildman–Crippen LogP) is 3.83. The van der Waals surface area contributed by atoms with Gasteiger partial charge in [0, 0.05) is 24.4 Å². The van der Waals surface area contributed by atoms with E-state index >= 15 is 0 Å². The summed E-state index contributed by atoms with van der Waals surface area (Å²) in [4.78, 5) is 1.77. The monoisotopic (exact) mass is 320 g/mol. The summed E-state index contributed by atoms with van der Waals surface area (Å²) >= 11 is 0. The summed E-state index contributed by atoms with van der Waals surface area (Å²) in [6.45, 7) is 1.46. The van der Waals surface area contributed by atoms with Crippen LogP contribution < -0.4 is 0 Å². The minimum absolute atomic E-state index is 0.245. The number of para-hydroxylation sites is 1. The van der Waals surface area contributed by atoms with Crippen molar-refractivity contribution in [3.05, 3.63) is 60.0 Å². The average Bonchev–Trinajstić information content (AvgIpc) is 3.01. The Labute approximate surface area is 139 Å². The fourth-order valence-electron chi connectivity index (χ4n) is 3.43. The lowest BCUT2D eigenvalue weighted by Crippen LogP contribution is -2.29. The molecule has 0 aliphatic carbocycles. The summed E-state index contributed by atoms with van der Waals surface area (Å²) in [6.07, 6.45) is 3.93. The summed E-state index contributed by atoms with van der Waals surface area (Å²) in [5.41, 5.74) is 2.82. The van der Waals surface area contributed by atoms with E-state index in [1.165, 1.54) is 6.07 Å². The maximum atomic E-state index is 13.8. The number of piperidine rings is 1. The molecule has 0 saturated carbocycles. The first kappa shape index (κ1) is 14.7. The van der Waals surface area contributed by atoms with Crippen LogP contribution in [-0.4, -0.2) is 27.8 Å². The van der Waals surface area contributed by atoms with Crippen LogP contribution >= 0.6 is 0 Å². The van der Waals surface area contributed by atoms with Gasteiger partial charge in [-0.15, -0.1) is 0 Å². The van der Waals surface area contributed by atoms with Gasteiger partial charge in [-0.2, -0.15) is 10.4 Å². The number of rotatable bonds is 2. The molecule has 5 heteroatoms. The van der Waals surface area contributed by atoms with Gasteiger partial charge in [-0.25, -0.2) is 9.07 Å². The van der Waals surface area contributed by atoms with E-state index in [2.05, 4.69) is 6.19 Å². The topological polar surface area (TPSA) is 44.9 Å². The minimum Gasteiger partial charge on any atom is -0.311 e. The van der Waals surface area contributed by atoms with E-state index in [-0.39, 0.29) is 11.7 Å². The number of aromatic nitrogens is 2. The molecule has 1 fully saturated rings. The van der Waals surface area contributed by atoms with Crippen molar-refractivity contribution in [1.29, 1.82) is 5.26 Å². The summed E-state index contributed by atoms with van der Waals surface area (Å²) in [5.74, 6) is 0.00897. The Kier molecular flexibility index (Phi) is 3.66. The van der Waals surface area contributed by atoms with Gasteiger partial charge in [0.15, 0.2) is 6.19 Å². The Morgan fingerprint density at radius 1 is 1.08 bits per heavy atom. The maximum Gasteiger partial charge on any atom is 0.179 e. The SMILES string of the molecule is N#CN1CCC(c2nn(-c3ccccc3)c3ccc(F)cc23)CC1. The highest BCUT2D eigenvalue weighted by Gasteiger charge is 2.25. The lowest BCUT2D eigenvalue weighted by Gasteiger charge is -2.27. The van der Waals surface area contributed by atoms with Crippen LogP contribution in [0.4, 0.5) is 4.39 Å². The quantitative estimate of drug-likeness (QED) is 0.674. The van der Waals surface area contributed by atoms with Crippen molar-refractivity contribution in [2.75, 3.05) is 13.1 Å². The van der Waals surface area contributed by atoms with Crippen LogP contribution in [-0.2, 0) is 0 Å². The van der Waals surface area contributed by atoms with Crippen molar-refractivity contribution in [3.63, 3.8) is 0 Å². The summed E-state index contributed by atoms with van der Waals surface area (Å²) in [5, 5.41) is 14.7. The zero-order valence-electron chi connectivity index (χ0n) is 13.2. The molecule has 24 heavy (non-hydrogen) atoms. The van der Waals surface area contributed by atoms with E-state index in [0.717, 1.165) is 48.2 Å². The van der Waals surface area contributed by atoms with Gasteiger partial charge in [0.25, 0.3) is 0 Å². The Balaban J connectivity index is 1.81. The largest absolute Gasteiger partial charge is 0.311 e. The van der Waals surface area contributed by atoms with Crippen molar-refractivity contribution < 1.29 is 4.39 Å². The molecule has 4 rings (SSSR count). The smallest absolute Gasteiger partial charge is 0.179 e. The second kappa shape index (κ2) is 5.97. The summed E-state index contributed by atoms with van der Waals surface area (Å²) in [7, 11) is 0. The van der Waals surface area contributed by atoms with Crippen molar-refractivity contribution in [2.24, 2.45) is 0 Å². The predicted molar refractivity (Wildman–Crippen MR) is 90.2 cm³/mol. The number of nitrogens with zero attached hydrogens (tertiary/aromatic N) is 4. The molecule has 0 spiro atoms. The molecule has 1 aromatic heterocycles. The third kappa shape index (κ3) is 2.50. The highest BCUT2D eigenvalue weighted by atomic mass is 19.1. The molecule has 1 aliphatic rings. The highest BCUT2D eigenvalue weighted by Crippen LogP contribution is 2.33. The first-order chi connectivity index (χ1) is 11.8. The molecule has 4 nitrogen and oxygen atoms in total. The van der Waals surface area contributed by atoms with Gasteiger partial charge in [0.1, 0.15) is 5.82 Å². The van der Waals surface area contributed by atoms with E-state index in [4.69, 9.17) is 10.4 Å².